The molecule has 0 radical (unpaired) electrons. The van der Waals surface area contributed by atoms with Crippen molar-refractivity contribution in [3.05, 3.63) is 71.0 Å². The first-order chi connectivity index (χ1) is 10.3. The topological polar surface area (TPSA) is 15.3 Å². The summed E-state index contributed by atoms with van der Waals surface area (Å²) in [5.41, 5.74) is 3.94. The van der Waals surface area contributed by atoms with Crippen LogP contribution in [0.2, 0.25) is 0 Å². The zero-order chi connectivity index (χ0) is 14.5. The van der Waals surface area contributed by atoms with Gasteiger partial charge in [0.1, 0.15) is 5.82 Å². The van der Waals surface area contributed by atoms with Crippen LogP contribution in [0.15, 0.2) is 48.5 Å². The maximum Gasteiger partial charge on any atom is 0.123 e. The first kappa shape index (κ1) is 14.2. The van der Waals surface area contributed by atoms with Crippen molar-refractivity contribution in [2.24, 2.45) is 0 Å². The van der Waals surface area contributed by atoms with Gasteiger partial charge in [-0.05, 0) is 35.2 Å². The molecule has 1 aliphatic rings. The highest BCUT2D eigenvalue weighted by atomic mass is 19.1. The van der Waals surface area contributed by atoms with Crippen molar-refractivity contribution >= 4 is 0 Å². The third-order valence-corrected chi connectivity index (χ3v) is 4.03. The van der Waals surface area contributed by atoms with Crippen LogP contribution in [0.4, 0.5) is 4.39 Å². The number of nitrogens with zero attached hydrogens (tertiary/aromatic N) is 1. The quantitative estimate of drug-likeness (QED) is 0.849. The fourth-order valence-electron chi connectivity index (χ4n) is 2.86. The highest BCUT2D eigenvalue weighted by Gasteiger charge is 2.14. The molecule has 110 valence electrons. The van der Waals surface area contributed by atoms with Gasteiger partial charge in [0, 0.05) is 32.7 Å². The van der Waals surface area contributed by atoms with Gasteiger partial charge in [0.25, 0.3) is 0 Å². The normalized spacial score (nSPS) is 14.9. The molecule has 0 saturated carbocycles. The van der Waals surface area contributed by atoms with E-state index in [0.29, 0.717) is 0 Å². The summed E-state index contributed by atoms with van der Waals surface area (Å²) in [6.07, 6.45) is 1.14. The maximum atomic E-state index is 13.1. The summed E-state index contributed by atoms with van der Waals surface area (Å²) in [5, 5.41) is 3.39. The molecule has 1 N–H and O–H groups in total. The number of nitrogens with one attached hydrogen (secondary N) is 1. The number of fused-ring (bicyclic) bond motifs is 1. The van der Waals surface area contributed by atoms with Gasteiger partial charge >= 0.3 is 0 Å². The standard InChI is InChI=1S/C18H21FN2/c19-18-7-3-4-15(12-18)13-20-9-11-21-10-8-16-5-1-2-6-17(16)14-21/h1-7,12,20H,8-11,13-14H2. The second-order valence-electron chi connectivity index (χ2n) is 5.60. The highest BCUT2D eigenvalue weighted by molar-refractivity contribution is 5.29. The second-order valence-corrected chi connectivity index (χ2v) is 5.60. The number of benzene rings is 2. The Balaban J connectivity index is 1.43. The van der Waals surface area contributed by atoms with Crippen LogP contribution in [0.5, 0.6) is 0 Å². The van der Waals surface area contributed by atoms with Gasteiger partial charge in [-0.2, -0.15) is 0 Å². The van der Waals surface area contributed by atoms with Crippen molar-refractivity contribution in [3.63, 3.8) is 0 Å². The van der Waals surface area contributed by atoms with Crippen molar-refractivity contribution in [3.8, 4) is 0 Å². The summed E-state index contributed by atoms with van der Waals surface area (Å²) < 4.78 is 13.1. The molecule has 1 aliphatic heterocycles. The van der Waals surface area contributed by atoms with Crippen molar-refractivity contribution < 1.29 is 4.39 Å². The maximum absolute atomic E-state index is 13.1. The predicted octanol–water partition coefficient (Wildman–Crippen LogP) is 2.97. The largest absolute Gasteiger partial charge is 0.311 e. The SMILES string of the molecule is Fc1cccc(CNCCN2CCc3ccccc3C2)c1. The smallest absolute Gasteiger partial charge is 0.123 e. The van der Waals surface area contributed by atoms with Gasteiger partial charge in [0.05, 0.1) is 0 Å². The lowest BCUT2D eigenvalue weighted by Crippen LogP contribution is -2.35. The molecular weight excluding hydrogens is 263 g/mol. The summed E-state index contributed by atoms with van der Waals surface area (Å²) in [6.45, 7) is 4.85. The van der Waals surface area contributed by atoms with Crippen LogP contribution in [-0.4, -0.2) is 24.5 Å². The van der Waals surface area contributed by atoms with Gasteiger partial charge in [0.2, 0.25) is 0 Å². The van der Waals surface area contributed by atoms with Crippen LogP contribution in [0, 0.1) is 5.82 Å². The molecule has 0 saturated heterocycles. The third kappa shape index (κ3) is 3.90. The molecule has 0 aromatic heterocycles. The van der Waals surface area contributed by atoms with E-state index in [-0.39, 0.29) is 5.82 Å². The molecule has 0 fully saturated rings. The lowest BCUT2D eigenvalue weighted by molar-refractivity contribution is 0.254. The van der Waals surface area contributed by atoms with Gasteiger partial charge in [-0.25, -0.2) is 4.39 Å². The second kappa shape index (κ2) is 6.83. The molecule has 0 aliphatic carbocycles. The predicted molar refractivity (Wildman–Crippen MR) is 83.5 cm³/mol. The molecule has 0 bridgehead atoms. The molecule has 1 heterocycles. The average Bonchev–Trinajstić information content (AvgIpc) is 2.51. The molecule has 2 nitrogen and oxygen atoms in total. The van der Waals surface area contributed by atoms with Crippen LogP contribution in [0.1, 0.15) is 16.7 Å². The Hall–Kier alpha value is -1.71. The summed E-state index contributed by atoms with van der Waals surface area (Å²) in [4.78, 5) is 2.47. The molecule has 3 heteroatoms. The van der Waals surface area contributed by atoms with E-state index in [2.05, 4.69) is 34.5 Å². The number of hydrogen-bond acceptors (Lipinski definition) is 2. The van der Waals surface area contributed by atoms with Crippen LogP contribution < -0.4 is 5.32 Å². The van der Waals surface area contributed by atoms with Crippen molar-refractivity contribution in [1.29, 1.82) is 0 Å². The monoisotopic (exact) mass is 284 g/mol. The Bertz CT molecular complexity index is 597. The summed E-state index contributed by atoms with van der Waals surface area (Å²) in [5.74, 6) is -0.165. The Labute approximate surface area is 125 Å². The van der Waals surface area contributed by atoms with E-state index in [1.165, 1.54) is 17.2 Å². The van der Waals surface area contributed by atoms with Crippen molar-refractivity contribution in [2.45, 2.75) is 19.5 Å². The molecule has 0 amide bonds. The number of hydrogen-bond donors (Lipinski definition) is 1. The number of rotatable bonds is 5. The minimum absolute atomic E-state index is 0.165. The minimum atomic E-state index is -0.165. The van der Waals surface area contributed by atoms with Crippen LogP contribution in [0.25, 0.3) is 0 Å². The van der Waals surface area contributed by atoms with Crippen molar-refractivity contribution in [2.75, 3.05) is 19.6 Å². The molecule has 0 unspecified atom stereocenters. The van der Waals surface area contributed by atoms with Gasteiger partial charge in [-0.3, -0.25) is 4.90 Å². The summed E-state index contributed by atoms with van der Waals surface area (Å²) in [6, 6.07) is 15.5. The zero-order valence-corrected chi connectivity index (χ0v) is 12.2. The Morgan fingerprint density at radius 1 is 1.05 bits per heavy atom. The van der Waals surface area contributed by atoms with Crippen LogP contribution in [0.3, 0.4) is 0 Å². The Morgan fingerprint density at radius 2 is 1.90 bits per heavy atom. The first-order valence-electron chi connectivity index (χ1n) is 7.55. The van der Waals surface area contributed by atoms with Gasteiger partial charge in [-0.1, -0.05) is 36.4 Å². The van der Waals surface area contributed by atoms with E-state index < -0.39 is 0 Å². The van der Waals surface area contributed by atoms with Gasteiger partial charge in [-0.15, -0.1) is 0 Å². The highest BCUT2D eigenvalue weighted by Crippen LogP contribution is 2.17. The van der Waals surface area contributed by atoms with E-state index in [9.17, 15) is 4.39 Å². The molecule has 21 heavy (non-hydrogen) atoms. The van der Waals surface area contributed by atoms with Crippen molar-refractivity contribution in [1.82, 2.24) is 10.2 Å². The van der Waals surface area contributed by atoms with Gasteiger partial charge < -0.3 is 5.32 Å². The molecular formula is C18H21FN2. The fourth-order valence-corrected chi connectivity index (χ4v) is 2.86. The molecule has 3 rings (SSSR count). The number of halogens is 1. The molecule has 0 spiro atoms. The molecule has 0 atom stereocenters. The average molecular weight is 284 g/mol. The third-order valence-electron chi connectivity index (χ3n) is 4.03. The van der Waals surface area contributed by atoms with Gasteiger partial charge in [0.15, 0.2) is 0 Å². The Morgan fingerprint density at radius 3 is 2.76 bits per heavy atom. The fraction of sp³-hybridized carbons (Fsp3) is 0.333. The van der Waals surface area contributed by atoms with E-state index in [1.807, 2.05) is 6.07 Å². The Kier molecular flexibility index (Phi) is 4.63. The minimum Gasteiger partial charge on any atom is -0.311 e. The summed E-state index contributed by atoms with van der Waals surface area (Å²) >= 11 is 0. The summed E-state index contributed by atoms with van der Waals surface area (Å²) in [7, 11) is 0. The van der Waals surface area contributed by atoms with Crippen LogP contribution in [-0.2, 0) is 19.5 Å². The first-order valence-corrected chi connectivity index (χ1v) is 7.55. The van der Waals surface area contributed by atoms with Crippen LogP contribution >= 0.6 is 0 Å². The lowest BCUT2D eigenvalue weighted by Gasteiger charge is -2.28. The van der Waals surface area contributed by atoms with E-state index in [0.717, 1.165) is 44.7 Å². The van der Waals surface area contributed by atoms with E-state index >= 15 is 0 Å². The molecule has 2 aromatic carbocycles. The van der Waals surface area contributed by atoms with E-state index in [1.54, 1.807) is 12.1 Å². The van der Waals surface area contributed by atoms with E-state index in [4.69, 9.17) is 0 Å². The zero-order valence-electron chi connectivity index (χ0n) is 12.2. The lowest BCUT2D eigenvalue weighted by atomic mass is 10.00. The molecule has 2 aromatic rings.